The third kappa shape index (κ3) is 3.72. The van der Waals surface area contributed by atoms with Crippen LogP contribution in [-0.2, 0) is 15.7 Å². The normalized spacial score (nSPS) is 30.8. The maximum absolute atomic E-state index is 13.5. The summed E-state index contributed by atoms with van der Waals surface area (Å²) in [5.41, 5.74) is -1.08. The first-order valence-electron chi connectivity index (χ1n) is 10.1. The van der Waals surface area contributed by atoms with E-state index < -0.39 is 29.4 Å². The summed E-state index contributed by atoms with van der Waals surface area (Å²) in [6.45, 7) is 5.15. The molecule has 5 nitrogen and oxygen atoms in total. The van der Waals surface area contributed by atoms with Crippen LogP contribution in [0.4, 0.5) is 13.2 Å². The average Bonchev–Trinajstić information content (AvgIpc) is 3.01. The smallest absolute Gasteiger partial charge is 0.419 e. The van der Waals surface area contributed by atoms with Crippen molar-refractivity contribution >= 4 is 5.97 Å². The zero-order valence-electron chi connectivity index (χ0n) is 16.5. The fourth-order valence-corrected chi connectivity index (χ4v) is 5.12. The zero-order chi connectivity index (χ0) is 21.0. The number of para-hydroxylation sites is 1. The highest BCUT2D eigenvalue weighted by molar-refractivity contribution is 5.66. The fraction of sp³-hybridized carbons (Fsp3) is 0.667. The molecule has 0 amide bonds. The molecule has 2 saturated heterocycles. The van der Waals surface area contributed by atoms with Gasteiger partial charge >= 0.3 is 12.1 Å². The average molecular weight is 413 g/mol. The summed E-state index contributed by atoms with van der Waals surface area (Å²) in [7, 11) is 0. The number of hydrogen-bond acceptors (Lipinski definition) is 4. The van der Waals surface area contributed by atoms with E-state index in [9.17, 15) is 18.0 Å². The first kappa shape index (κ1) is 20.5. The summed E-state index contributed by atoms with van der Waals surface area (Å²) in [6, 6.07) is 4.29. The minimum absolute atomic E-state index is 0.0580. The molecule has 0 aliphatic carbocycles. The van der Waals surface area contributed by atoms with Crippen molar-refractivity contribution in [2.75, 3.05) is 13.1 Å². The predicted molar refractivity (Wildman–Crippen MR) is 98.7 cm³/mol. The molecule has 29 heavy (non-hydrogen) atoms. The molecule has 1 aromatic carbocycles. The highest BCUT2D eigenvalue weighted by Gasteiger charge is 2.54. The lowest BCUT2D eigenvalue weighted by Crippen LogP contribution is -2.54. The number of hydrogen-bond donors (Lipinski definition) is 1. The Bertz CT molecular complexity index is 795. The Morgan fingerprint density at radius 3 is 2.79 bits per heavy atom. The van der Waals surface area contributed by atoms with Crippen LogP contribution in [0.1, 0.15) is 56.8 Å². The third-order valence-electron chi connectivity index (χ3n) is 6.53. The molecule has 0 saturated carbocycles. The number of aliphatic carboxylic acids is 1. The summed E-state index contributed by atoms with van der Waals surface area (Å²) < 4.78 is 52.9. The summed E-state index contributed by atoms with van der Waals surface area (Å²) in [5, 5.41) is 8.88. The molecular formula is C21H26F3NO4. The molecule has 2 fully saturated rings. The van der Waals surface area contributed by atoms with Crippen LogP contribution < -0.4 is 4.74 Å². The van der Waals surface area contributed by atoms with E-state index in [1.54, 1.807) is 6.07 Å². The van der Waals surface area contributed by atoms with Crippen molar-refractivity contribution in [1.29, 1.82) is 0 Å². The molecular weight excluding hydrogens is 387 g/mol. The minimum atomic E-state index is -4.49. The van der Waals surface area contributed by atoms with Gasteiger partial charge in [-0.3, -0.25) is 9.69 Å². The molecule has 0 radical (unpaired) electrons. The first-order valence-corrected chi connectivity index (χ1v) is 10.1. The quantitative estimate of drug-likeness (QED) is 0.799. The largest absolute Gasteiger partial charge is 0.486 e. The highest BCUT2D eigenvalue weighted by atomic mass is 19.4. The number of ether oxygens (including phenoxy) is 2. The number of benzene rings is 1. The molecule has 0 bridgehead atoms. The number of fused-ring (bicyclic) bond motifs is 4. The molecule has 1 aromatic rings. The second-order valence-corrected chi connectivity index (χ2v) is 8.75. The Hall–Kier alpha value is -1.80. The van der Waals surface area contributed by atoms with E-state index in [0.29, 0.717) is 18.5 Å². The van der Waals surface area contributed by atoms with Crippen molar-refractivity contribution in [3.05, 3.63) is 29.3 Å². The fourth-order valence-electron chi connectivity index (χ4n) is 5.12. The Labute approximate surface area is 167 Å². The summed E-state index contributed by atoms with van der Waals surface area (Å²) >= 11 is 0. The molecule has 3 heterocycles. The van der Waals surface area contributed by atoms with E-state index in [0.717, 1.165) is 25.5 Å². The maximum Gasteiger partial charge on any atom is 0.419 e. The lowest BCUT2D eigenvalue weighted by Gasteiger charge is -2.51. The van der Waals surface area contributed by atoms with Crippen LogP contribution in [0.3, 0.4) is 0 Å². The van der Waals surface area contributed by atoms with Crippen molar-refractivity contribution in [3.8, 4) is 5.75 Å². The predicted octanol–water partition coefficient (Wildman–Crippen LogP) is 4.26. The second-order valence-electron chi connectivity index (χ2n) is 8.75. The van der Waals surface area contributed by atoms with Crippen molar-refractivity contribution in [3.63, 3.8) is 0 Å². The van der Waals surface area contributed by atoms with E-state index in [1.807, 2.05) is 13.8 Å². The number of alkyl halides is 3. The number of carboxylic acid groups (broad SMARTS) is 1. The van der Waals surface area contributed by atoms with Crippen LogP contribution in [0, 0.1) is 5.92 Å². The van der Waals surface area contributed by atoms with Gasteiger partial charge in [0.05, 0.1) is 17.8 Å². The van der Waals surface area contributed by atoms with Crippen LogP contribution in [-0.4, -0.2) is 46.8 Å². The van der Waals surface area contributed by atoms with Crippen LogP contribution >= 0.6 is 0 Å². The number of carboxylic acids is 1. The van der Waals surface area contributed by atoms with Gasteiger partial charge in [-0.05, 0) is 45.7 Å². The molecule has 160 valence electrons. The van der Waals surface area contributed by atoms with Gasteiger partial charge in [-0.1, -0.05) is 12.1 Å². The molecule has 4 rings (SSSR count). The van der Waals surface area contributed by atoms with E-state index in [-0.39, 0.29) is 30.2 Å². The third-order valence-corrected chi connectivity index (χ3v) is 6.53. The van der Waals surface area contributed by atoms with Gasteiger partial charge in [0, 0.05) is 30.5 Å². The summed E-state index contributed by atoms with van der Waals surface area (Å²) in [4.78, 5) is 13.1. The molecule has 3 aliphatic heterocycles. The number of nitrogens with zero attached hydrogens (tertiary/aromatic N) is 1. The number of halogens is 3. The van der Waals surface area contributed by atoms with Gasteiger partial charge in [0.2, 0.25) is 0 Å². The molecule has 4 atom stereocenters. The van der Waals surface area contributed by atoms with Gasteiger partial charge in [0.1, 0.15) is 11.4 Å². The Kier molecular flexibility index (Phi) is 5.06. The molecule has 0 aromatic heterocycles. The van der Waals surface area contributed by atoms with Gasteiger partial charge < -0.3 is 14.6 Å². The highest BCUT2D eigenvalue weighted by Crippen LogP contribution is 2.55. The molecule has 1 N–H and O–H groups in total. The Balaban J connectivity index is 1.60. The lowest BCUT2D eigenvalue weighted by molar-refractivity contribution is -0.168. The first-order chi connectivity index (χ1) is 13.6. The van der Waals surface area contributed by atoms with Crippen LogP contribution in [0.25, 0.3) is 0 Å². The monoisotopic (exact) mass is 413 g/mol. The van der Waals surface area contributed by atoms with E-state index in [2.05, 4.69) is 4.90 Å². The molecule has 3 aliphatic rings. The standard InChI is InChI=1S/C21H26F3NO4/c1-20(2)14-11-15-16(8-10-25(15)9-4-7-17(26)27)28-18(14)12-5-3-6-13(19(12)29-20)21(22,23)24/h3,5-6,14-16,18H,4,7-11H2,1-2H3,(H,26,27)/t14-,15-,16-,18+/m1/s1. The van der Waals surface area contributed by atoms with Gasteiger partial charge in [0.15, 0.2) is 0 Å². The van der Waals surface area contributed by atoms with Crippen molar-refractivity contribution in [2.24, 2.45) is 5.92 Å². The summed E-state index contributed by atoms with van der Waals surface area (Å²) in [6.07, 6.45) is -2.72. The lowest BCUT2D eigenvalue weighted by atomic mass is 9.73. The minimum Gasteiger partial charge on any atom is -0.486 e. The van der Waals surface area contributed by atoms with E-state index in [4.69, 9.17) is 14.6 Å². The van der Waals surface area contributed by atoms with Gasteiger partial charge in [-0.2, -0.15) is 13.2 Å². The Morgan fingerprint density at radius 1 is 1.34 bits per heavy atom. The number of carbonyl (C=O) groups is 1. The topological polar surface area (TPSA) is 59.0 Å². The zero-order valence-corrected chi connectivity index (χ0v) is 16.5. The summed E-state index contributed by atoms with van der Waals surface area (Å²) in [5.74, 6) is -1.000. The number of rotatable bonds is 4. The van der Waals surface area contributed by atoms with E-state index in [1.165, 1.54) is 6.07 Å². The van der Waals surface area contributed by atoms with Crippen molar-refractivity contribution in [2.45, 2.75) is 69.6 Å². The maximum atomic E-state index is 13.5. The molecule has 0 spiro atoms. The van der Waals surface area contributed by atoms with Crippen LogP contribution in [0.15, 0.2) is 18.2 Å². The molecule has 8 heteroatoms. The number of likely N-dealkylation sites (tertiary alicyclic amines) is 1. The SMILES string of the molecule is CC1(C)Oc2c(cccc2C(F)(F)F)[C@@H]2O[C@@H]3CCN(CCCC(=O)O)[C@@H]3C[C@H]21. The van der Waals surface area contributed by atoms with E-state index >= 15 is 0 Å². The second kappa shape index (κ2) is 7.16. The molecule has 0 unspecified atom stereocenters. The van der Waals surface area contributed by atoms with Crippen LogP contribution in [0.5, 0.6) is 5.75 Å². The van der Waals surface area contributed by atoms with Crippen LogP contribution in [0.2, 0.25) is 0 Å². The van der Waals surface area contributed by atoms with Gasteiger partial charge in [-0.25, -0.2) is 0 Å². The van der Waals surface area contributed by atoms with Gasteiger partial charge in [0.25, 0.3) is 0 Å². The van der Waals surface area contributed by atoms with Crippen molar-refractivity contribution < 1.29 is 32.5 Å². The van der Waals surface area contributed by atoms with Crippen molar-refractivity contribution in [1.82, 2.24) is 4.90 Å². The van der Waals surface area contributed by atoms with Gasteiger partial charge in [-0.15, -0.1) is 0 Å². The Morgan fingerprint density at radius 2 is 2.10 bits per heavy atom.